The van der Waals surface area contributed by atoms with Crippen LogP contribution in [0.4, 0.5) is 0 Å². The molecular weight excluding hydrogens is 196 g/mol. The molecule has 0 radical (unpaired) electrons. The number of aliphatic hydroxyl groups excluding tert-OH is 1. The molecule has 1 aliphatic rings. The summed E-state index contributed by atoms with van der Waals surface area (Å²) in [7, 11) is 1.96. The molecule has 3 nitrogen and oxygen atoms in total. The van der Waals surface area contributed by atoms with Crippen molar-refractivity contribution in [3.05, 3.63) is 17.7 Å². The van der Waals surface area contributed by atoms with Gasteiger partial charge in [-0.1, -0.05) is 0 Å². The number of thioether (sulfide) groups is 1. The van der Waals surface area contributed by atoms with Gasteiger partial charge in [0, 0.05) is 12.3 Å². The Bertz CT molecular complexity index is 318. The monoisotopic (exact) mass is 212 g/mol. The maximum atomic E-state index is 10.1. The maximum Gasteiger partial charge on any atom is 0.107 e. The fraction of sp³-hybridized carbons (Fsp3) is 0.700. The summed E-state index contributed by atoms with van der Waals surface area (Å²) >= 11 is 1.87. The smallest absolute Gasteiger partial charge is 0.107 e. The van der Waals surface area contributed by atoms with Crippen LogP contribution in [0.5, 0.6) is 0 Å². The number of hydrogen-bond donors (Lipinski definition) is 1. The van der Waals surface area contributed by atoms with E-state index in [0.717, 1.165) is 17.9 Å². The molecule has 0 amide bonds. The number of hydrogen-bond acceptors (Lipinski definition) is 3. The fourth-order valence-corrected chi connectivity index (χ4v) is 3.13. The van der Waals surface area contributed by atoms with Gasteiger partial charge in [0.1, 0.15) is 11.9 Å². The Morgan fingerprint density at radius 2 is 2.50 bits per heavy atom. The largest absolute Gasteiger partial charge is 0.386 e. The molecule has 0 aromatic carbocycles. The Balaban J connectivity index is 2.17. The van der Waals surface area contributed by atoms with Gasteiger partial charge in [-0.05, 0) is 25.5 Å². The molecule has 2 unspecified atom stereocenters. The first-order chi connectivity index (χ1) is 6.70. The molecule has 1 aliphatic heterocycles. The van der Waals surface area contributed by atoms with Crippen LogP contribution in [-0.4, -0.2) is 25.7 Å². The molecule has 1 saturated heterocycles. The van der Waals surface area contributed by atoms with Gasteiger partial charge in [-0.25, -0.2) is 4.98 Å². The average Bonchev–Trinajstić information content (AvgIpc) is 2.77. The number of rotatable bonds is 2. The Morgan fingerprint density at radius 3 is 3.00 bits per heavy atom. The Kier molecular flexibility index (Phi) is 2.83. The van der Waals surface area contributed by atoms with Crippen molar-refractivity contribution in [2.75, 3.05) is 5.75 Å². The van der Waals surface area contributed by atoms with Crippen LogP contribution in [0.25, 0.3) is 0 Å². The molecule has 1 aromatic rings. The highest BCUT2D eigenvalue weighted by Crippen LogP contribution is 2.35. The molecule has 1 N–H and O–H groups in total. The van der Waals surface area contributed by atoms with E-state index in [1.54, 1.807) is 6.20 Å². The summed E-state index contributed by atoms with van der Waals surface area (Å²) in [6.45, 7) is 1.96. The molecule has 4 heteroatoms. The third-order valence-corrected chi connectivity index (χ3v) is 4.32. The molecule has 2 heterocycles. The highest BCUT2D eigenvalue weighted by atomic mass is 32.2. The summed E-state index contributed by atoms with van der Waals surface area (Å²) in [6.07, 6.45) is 3.78. The van der Waals surface area contributed by atoms with Gasteiger partial charge in [-0.15, -0.1) is 0 Å². The predicted molar refractivity (Wildman–Crippen MR) is 58.4 cm³/mol. The highest BCUT2D eigenvalue weighted by Gasteiger charge is 2.27. The SMILES string of the molecule is Cc1ncc(C(O)C2CCCS2)n1C. The third kappa shape index (κ3) is 1.68. The van der Waals surface area contributed by atoms with Crippen LogP contribution >= 0.6 is 11.8 Å². The molecule has 1 fully saturated rings. The molecule has 0 bridgehead atoms. The van der Waals surface area contributed by atoms with Crippen LogP contribution < -0.4 is 0 Å². The molecule has 2 rings (SSSR count). The van der Waals surface area contributed by atoms with Gasteiger partial charge < -0.3 is 9.67 Å². The van der Waals surface area contributed by atoms with Crippen LogP contribution in [-0.2, 0) is 7.05 Å². The maximum absolute atomic E-state index is 10.1. The summed E-state index contributed by atoms with van der Waals surface area (Å²) in [5, 5.41) is 10.5. The standard InChI is InChI=1S/C10H16N2OS/c1-7-11-6-8(12(7)2)10(13)9-4-3-5-14-9/h6,9-10,13H,3-5H2,1-2H3. The van der Waals surface area contributed by atoms with Crippen molar-refractivity contribution in [3.63, 3.8) is 0 Å². The van der Waals surface area contributed by atoms with E-state index in [0.29, 0.717) is 5.25 Å². The zero-order valence-electron chi connectivity index (χ0n) is 8.60. The van der Waals surface area contributed by atoms with E-state index in [1.807, 2.05) is 30.3 Å². The van der Waals surface area contributed by atoms with Crippen molar-refractivity contribution >= 4 is 11.8 Å². The van der Waals surface area contributed by atoms with E-state index in [2.05, 4.69) is 4.98 Å². The van der Waals surface area contributed by atoms with Gasteiger partial charge in [0.15, 0.2) is 0 Å². The lowest BCUT2D eigenvalue weighted by Gasteiger charge is -2.17. The minimum atomic E-state index is -0.353. The molecule has 14 heavy (non-hydrogen) atoms. The Morgan fingerprint density at radius 1 is 1.71 bits per heavy atom. The lowest BCUT2D eigenvalue weighted by Crippen LogP contribution is -2.15. The van der Waals surface area contributed by atoms with Crippen LogP contribution in [0, 0.1) is 6.92 Å². The number of nitrogens with zero attached hydrogens (tertiary/aromatic N) is 2. The fourth-order valence-electron chi connectivity index (χ4n) is 1.84. The van der Waals surface area contributed by atoms with Crippen molar-refractivity contribution in [2.45, 2.75) is 31.1 Å². The van der Waals surface area contributed by atoms with E-state index in [4.69, 9.17) is 0 Å². The summed E-state index contributed by atoms with van der Waals surface area (Å²) < 4.78 is 1.98. The van der Waals surface area contributed by atoms with Gasteiger partial charge in [0.05, 0.1) is 11.9 Å². The van der Waals surface area contributed by atoms with Crippen molar-refractivity contribution in [1.82, 2.24) is 9.55 Å². The summed E-state index contributed by atoms with van der Waals surface area (Å²) in [6, 6.07) is 0. The first-order valence-corrected chi connectivity index (χ1v) is 6.03. The summed E-state index contributed by atoms with van der Waals surface area (Å²) in [4.78, 5) is 4.20. The lowest BCUT2D eigenvalue weighted by molar-refractivity contribution is 0.164. The van der Waals surface area contributed by atoms with Crippen molar-refractivity contribution < 1.29 is 5.11 Å². The molecule has 1 aromatic heterocycles. The van der Waals surface area contributed by atoms with Crippen molar-refractivity contribution in [3.8, 4) is 0 Å². The van der Waals surface area contributed by atoms with Gasteiger partial charge in [-0.2, -0.15) is 11.8 Å². The number of aliphatic hydroxyl groups is 1. The second kappa shape index (κ2) is 3.95. The number of imidazole rings is 1. The Labute approximate surface area is 88.5 Å². The second-order valence-electron chi connectivity index (χ2n) is 3.79. The molecule has 2 atom stereocenters. The van der Waals surface area contributed by atoms with E-state index < -0.39 is 0 Å². The zero-order valence-corrected chi connectivity index (χ0v) is 9.42. The topological polar surface area (TPSA) is 38.1 Å². The zero-order chi connectivity index (χ0) is 10.1. The summed E-state index contributed by atoms with van der Waals surface area (Å²) in [5.41, 5.74) is 0.946. The van der Waals surface area contributed by atoms with E-state index in [9.17, 15) is 5.11 Å². The van der Waals surface area contributed by atoms with Crippen LogP contribution in [0.15, 0.2) is 6.20 Å². The van der Waals surface area contributed by atoms with Crippen molar-refractivity contribution in [2.24, 2.45) is 7.05 Å². The number of aryl methyl sites for hydroxylation is 1. The second-order valence-corrected chi connectivity index (χ2v) is 5.13. The van der Waals surface area contributed by atoms with Crippen LogP contribution in [0.1, 0.15) is 30.5 Å². The average molecular weight is 212 g/mol. The minimum absolute atomic E-state index is 0.353. The molecule has 0 saturated carbocycles. The van der Waals surface area contributed by atoms with Gasteiger partial charge >= 0.3 is 0 Å². The lowest BCUT2D eigenvalue weighted by atomic mass is 10.1. The molecule has 78 valence electrons. The van der Waals surface area contributed by atoms with Crippen LogP contribution in [0.2, 0.25) is 0 Å². The quantitative estimate of drug-likeness (QED) is 0.810. The molecular formula is C10H16N2OS. The molecule has 0 spiro atoms. The predicted octanol–water partition coefficient (Wildman–Crippen LogP) is 1.66. The Hall–Kier alpha value is -0.480. The van der Waals surface area contributed by atoms with Crippen molar-refractivity contribution in [1.29, 1.82) is 0 Å². The van der Waals surface area contributed by atoms with Gasteiger partial charge in [0.2, 0.25) is 0 Å². The number of aromatic nitrogens is 2. The first-order valence-electron chi connectivity index (χ1n) is 4.98. The van der Waals surface area contributed by atoms with Crippen LogP contribution in [0.3, 0.4) is 0 Å². The molecule has 0 aliphatic carbocycles. The van der Waals surface area contributed by atoms with Gasteiger partial charge in [-0.3, -0.25) is 0 Å². The first kappa shape index (κ1) is 10.1. The van der Waals surface area contributed by atoms with E-state index in [1.165, 1.54) is 12.2 Å². The third-order valence-electron chi connectivity index (χ3n) is 2.88. The van der Waals surface area contributed by atoms with Gasteiger partial charge in [0.25, 0.3) is 0 Å². The van der Waals surface area contributed by atoms with E-state index in [-0.39, 0.29) is 6.10 Å². The highest BCUT2D eigenvalue weighted by molar-refractivity contribution is 8.00. The van der Waals surface area contributed by atoms with E-state index >= 15 is 0 Å². The minimum Gasteiger partial charge on any atom is -0.386 e. The summed E-state index contributed by atoms with van der Waals surface area (Å²) in [5.74, 6) is 2.14. The normalized spacial score (nSPS) is 24.1.